The first-order valence-corrected chi connectivity index (χ1v) is 3.16. The molecular formula is C6H3F5N2O. The summed E-state index contributed by atoms with van der Waals surface area (Å²) in [7, 11) is 0. The van der Waals surface area contributed by atoms with Gasteiger partial charge < -0.3 is 10.5 Å². The zero-order valence-electron chi connectivity index (χ0n) is 6.40. The van der Waals surface area contributed by atoms with E-state index in [9.17, 15) is 22.0 Å². The Hall–Kier alpha value is -1.60. The maximum absolute atomic E-state index is 12.6. The van der Waals surface area contributed by atoms with Crippen molar-refractivity contribution in [3.63, 3.8) is 0 Å². The molecule has 2 N–H and O–H groups in total. The van der Waals surface area contributed by atoms with E-state index in [0.717, 1.165) is 0 Å². The molecule has 0 fully saturated rings. The van der Waals surface area contributed by atoms with E-state index in [-0.39, 0.29) is 6.20 Å². The van der Waals surface area contributed by atoms with Gasteiger partial charge in [-0.05, 0) is 0 Å². The number of halogens is 5. The third-order valence-corrected chi connectivity index (χ3v) is 1.19. The smallest absolute Gasteiger partial charge is 0.400 e. The lowest BCUT2D eigenvalue weighted by atomic mass is 10.4. The fourth-order valence-electron chi connectivity index (χ4n) is 0.683. The first-order chi connectivity index (χ1) is 6.31. The third kappa shape index (κ3) is 2.21. The van der Waals surface area contributed by atoms with Crippen LogP contribution in [0, 0.1) is 11.8 Å². The second-order valence-corrected chi connectivity index (χ2v) is 2.19. The van der Waals surface area contributed by atoms with Gasteiger partial charge in [0.05, 0.1) is 6.20 Å². The molecule has 0 saturated heterocycles. The number of anilines is 1. The van der Waals surface area contributed by atoms with Crippen molar-refractivity contribution in [2.75, 3.05) is 5.73 Å². The van der Waals surface area contributed by atoms with E-state index >= 15 is 0 Å². The summed E-state index contributed by atoms with van der Waals surface area (Å²) in [5, 5.41) is 0. The van der Waals surface area contributed by atoms with Gasteiger partial charge in [0.1, 0.15) is 5.69 Å². The van der Waals surface area contributed by atoms with Crippen molar-refractivity contribution < 1.29 is 26.7 Å². The van der Waals surface area contributed by atoms with Gasteiger partial charge in [-0.2, -0.15) is 4.39 Å². The van der Waals surface area contributed by atoms with Gasteiger partial charge in [-0.25, -0.2) is 9.37 Å². The summed E-state index contributed by atoms with van der Waals surface area (Å²) < 4.78 is 63.2. The number of aromatic nitrogens is 1. The molecule has 0 spiro atoms. The minimum Gasteiger partial charge on any atom is -0.400 e. The Kier molecular flexibility index (Phi) is 2.45. The quantitative estimate of drug-likeness (QED) is 0.573. The number of nitrogens with zero attached hydrogens (tertiary/aromatic N) is 1. The normalized spacial score (nSPS) is 11.5. The molecule has 0 aliphatic carbocycles. The van der Waals surface area contributed by atoms with E-state index in [2.05, 4.69) is 9.72 Å². The van der Waals surface area contributed by atoms with Gasteiger partial charge in [0, 0.05) is 0 Å². The topological polar surface area (TPSA) is 48.1 Å². The van der Waals surface area contributed by atoms with E-state index in [0.29, 0.717) is 0 Å². The van der Waals surface area contributed by atoms with Crippen LogP contribution in [0.5, 0.6) is 5.75 Å². The lowest BCUT2D eigenvalue weighted by molar-refractivity contribution is -0.275. The van der Waals surface area contributed by atoms with Crippen molar-refractivity contribution in [1.29, 1.82) is 0 Å². The van der Waals surface area contributed by atoms with Gasteiger partial charge in [0.25, 0.3) is 0 Å². The van der Waals surface area contributed by atoms with Gasteiger partial charge in [-0.15, -0.1) is 13.2 Å². The molecule has 0 aliphatic rings. The SMILES string of the molecule is Nc1c(F)ncc(F)c1OC(F)(F)F. The van der Waals surface area contributed by atoms with Crippen LogP contribution in [-0.4, -0.2) is 11.3 Å². The van der Waals surface area contributed by atoms with E-state index in [1.807, 2.05) is 0 Å². The van der Waals surface area contributed by atoms with Crippen molar-refractivity contribution in [2.24, 2.45) is 0 Å². The Bertz CT molecular complexity index is 351. The minimum absolute atomic E-state index is 0.243. The second-order valence-electron chi connectivity index (χ2n) is 2.19. The molecule has 0 aromatic carbocycles. The number of hydrogen-bond donors (Lipinski definition) is 1. The molecule has 0 bridgehead atoms. The molecule has 0 amide bonds. The number of rotatable bonds is 1. The first kappa shape index (κ1) is 10.5. The van der Waals surface area contributed by atoms with Crippen molar-refractivity contribution in [1.82, 2.24) is 4.98 Å². The largest absolute Gasteiger partial charge is 0.573 e. The average molecular weight is 214 g/mol. The summed E-state index contributed by atoms with van der Waals surface area (Å²) in [5.74, 6) is -4.32. The third-order valence-electron chi connectivity index (χ3n) is 1.19. The zero-order chi connectivity index (χ0) is 10.9. The van der Waals surface area contributed by atoms with Crippen LogP contribution in [0.15, 0.2) is 6.20 Å². The Morgan fingerprint density at radius 2 is 1.86 bits per heavy atom. The van der Waals surface area contributed by atoms with Crippen LogP contribution in [0.4, 0.5) is 27.6 Å². The molecule has 3 nitrogen and oxygen atoms in total. The van der Waals surface area contributed by atoms with Gasteiger partial charge in [0.2, 0.25) is 5.95 Å². The molecular weight excluding hydrogens is 211 g/mol. The lowest BCUT2D eigenvalue weighted by Gasteiger charge is -2.11. The Balaban J connectivity index is 3.13. The zero-order valence-corrected chi connectivity index (χ0v) is 6.40. The van der Waals surface area contributed by atoms with Crippen LogP contribution in [0.3, 0.4) is 0 Å². The predicted molar refractivity (Wildman–Crippen MR) is 35.2 cm³/mol. The molecule has 78 valence electrons. The van der Waals surface area contributed by atoms with Crippen molar-refractivity contribution in [3.8, 4) is 5.75 Å². The number of pyridine rings is 1. The maximum atomic E-state index is 12.6. The summed E-state index contributed by atoms with van der Waals surface area (Å²) in [5.41, 5.74) is 3.67. The first-order valence-electron chi connectivity index (χ1n) is 3.16. The number of hydrogen-bond acceptors (Lipinski definition) is 3. The van der Waals surface area contributed by atoms with Gasteiger partial charge in [-0.1, -0.05) is 0 Å². The fourth-order valence-corrected chi connectivity index (χ4v) is 0.683. The van der Waals surface area contributed by atoms with E-state index in [4.69, 9.17) is 5.73 Å². The predicted octanol–water partition coefficient (Wildman–Crippen LogP) is 1.84. The summed E-state index contributed by atoms with van der Waals surface area (Å²) in [6, 6.07) is 0. The van der Waals surface area contributed by atoms with E-state index in [1.54, 1.807) is 0 Å². The molecule has 14 heavy (non-hydrogen) atoms. The van der Waals surface area contributed by atoms with Crippen LogP contribution in [0.25, 0.3) is 0 Å². The fraction of sp³-hybridized carbons (Fsp3) is 0.167. The molecule has 1 rings (SSSR count). The highest BCUT2D eigenvalue weighted by atomic mass is 19.4. The molecule has 1 heterocycles. The lowest BCUT2D eigenvalue weighted by Crippen LogP contribution is -2.19. The molecule has 0 atom stereocenters. The van der Waals surface area contributed by atoms with Gasteiger partial charge >= 0.3 is 6.36 Å². The van der Waals surface area contributed by atoms with Crippen LogP contribution in [-0.2, 0) is 0 Å². The summed E-state index contributed by atoms with van der Waals surface area (Å²) in [6.07, 6.45) is -4.89. The summed E-state index contributed by atoms with van der Waals surface area (Å²) in [6.45, 7) is 0. The summed E-state index contributed by atoms with van der Waals surface area (Å²) in [4.78, 5) is 2.75. The molecule has 8 heteroatoms. The van der Waals surface area contributed by atoms with E-state index in [1.165, 1.54) is 0 Å². The monoisotopic (exact) mass is 214 g/mol. The molecule has 1 aromatic rings. The molecule has 1 aromatic heterocycles. The highest BCUT2D eigenvalue weighted by Crippen LogP contribution is 2.31. The number of nitrogen functional groups attached to an aromatic ring is 1. The standard InChI is InChI=1S/C6H3F5N2O/c7-2-1-13-5(8)3(12)4(2)14-6(9,10)11/h1H,12H2. The van der Waals surface area contributed by atoms with Crippen LogP contribution < -0.4 is 10.5 Å². The molecule has 0 radical (unpaired) electrons. The Morgan fingerprint density at radius 3 is 2.36 bits per heavy atom. The van der Waals surface area contributed by atoms with Gasteiger partial charge in [0.15, 0.2) is 11.6 Å². The van der Waals surface area contributed by atoms with Crippen LogP contribution >= 0.6 is 0 Å². The van der Waals surface area contributed by atoms with E-state index < -0.39 is 29.6 Å². The maximum Gasteiger partial charge on any atom is 0.573 e. The minimum atomic E-state index is -5.14. The number of ether oxygens (including phenoxy) is 1. The van der Waals surface area contributed by atoms with Crippen molar-refractivity contribution in [3.05, 3.63) is 18.0 Å². The molecule has 0 aliphatic heterocycles. The molecule has 0 saturated carbocycles. The highest BCUT2D eigenvalue weighted by Gasteiger charge is 2.34. The highest BCUT2D eigenvalue weighted by molar-refractivity contribution is 5.51. The van der Waals surface area contributed by atoms with Crippen LogP contribution in [0.1, 0.15) is 0 Å². The molecule has 0 unspecified atom stereocenters. The Morgan fingerprint density at radius 1 is 1.29 bits per heavy atom. The number of nitrogens with two attached hydrogens (primary N) is 1. The Labute approximate surface area is 74.3 Å². The number of alkyl halides is 3. The van der Waals surface area contributed by atoms with Crippen molar-refractivity contribution in [2.45, 2.75) is 6.36 Å². The van der Waals surface area contributed by atoms with Gasteiger partial charge in [-0.3, -0.25) is 0 Å². The second kappa shape index (κ2) is 3.28. The van der Waals surface area contributed by atoms with Crippen LogP contribution in [0.2, 0.25) is 0 Å². The van der Waals surface area contributed by atoms with Crippen molar-refractivity contribution >= 4 is 5.69 Å². The average Bonchev–Trinajstić information content (AvgIpc) is 2.04. The summed E-state index contributed by atoms with van der Waals surface area (Å²) >= 11 is 0.